The summed E-state index contributed by atoms with van der Waals surface area (Å²) in [5, 5.41) is 5.63. The maximum Gasteiger partial charge on any atom is 0.262 e. The van der Waals surface area contributed by atoms with Crippen LogP contribution in [0.5, 0.6) is 0 Å². The highest BCUT2D eigenvalue weighted by Gasteiger charge is 2.50. The third-order valence-corrected chi connectivity index (χ3v) is 7.99. The normalized spacial score (nSPS) is 31.5. The van der Waals surface area contributed by atoms with Crippen molar-refractivity contribution in [2.24, 2.45) is 23.2 Å². The Hall–Kier alpha value is -1.69. The summed E-state index contributed by atoms with van der Waals surface area (Å²) < 4.78 is 1.55. The molecule has 2 aromatic rings. The maximum atomic E-state index is 12.4. The summed E-state index contributed by atoms with van der Waals surface area (Å²) in [6.07, 6.45) is 11.6. The molecule has 5 nitrogen and oxygen atoms in total. The van der Waals surface area contributed by atoms with Crippen LogP contribution in [0.25, 0.3) is 10.2 Å². The van der Waals surface area contributed by atoms with Crippen LogP contribution in [0.4, 0.5) is 0 Å². The van der Waals surface area contributed by atoms with Gasteiger partial charge in [0, 0.05) is 19.5 Å². The Labute approximate surface area is 163 Å². The quantitative estimate of drug-likeness (QED) is 0.827. The summed E-state index contributed by atoms with van der Waals surface area (Å²) in [7, 11) is 0. The lowest BCUT2D eigenvalue weighted by atomic mass is 9.49. The Balaban J connectivity index is 1.13. The SMILES string of the molecule is O=C(CCn1cnc2sccc2c1=O)NCCC12CC3CC(CC(C3)C1)C2. The second kappa shape index (κ2) is 6.73. The van der Waals surface area contributed by atoms with E-state index in [-0.39, 0.29) is 11.5 Å². The predicted octanol–water partition coefficient (Wildman–Crippen LogP) is 3.57. The first-order valence-electron chi connectivity index (χ1n) is 10.3. The van der Waals surface area contributed by atoms with E-state index in [2.05, 4.69) is 10.3 Å². The summed E-state index contributed by atoms with van der Waals surface area (Å²) in [5.41, 5.74) is 0.454. The number of fused-ring (bicyclic) bond motifs is 1. The van der Waals surface area contributed by atoms with E-state index in [0.29, 0.717) is 23.8 Å². The van der Waals surface area contributed by atoms with Crippen LogP contribution in [0.15, 0.2) is 22.6 Å². The minimum atomic E-state index is -0.0531. The van der Waals surface area contributed by atoms with Crippen LogP contribution in [-0.4, -0.2) is 22.0 Å². The number of nitrogens with one attached hydrogen (secondary N) is 1. The zero-order valence-electron chi connectivity index (χ0n) is 15.7. The number of carbonyl (C=O) groups is 1. The molecule has 2 heterocycles. The first kappa shape index (κ1) is 17.4. The minimum Gasteiger partial charge on any atom is -0.356 e. The van der Waals surface area contributed by atoms with Crippen LogP contribution in [0.1, 0.15) is 51.4 Å². The summed E-state index contributed by atoms with van der Waals surface area (Å²) in [5.74, 6) is 2.91. The number of aryl methyl sites for hydroxylation is 1. The first-order chi connectivity index (χ1) is 13.1. The molecule has 0 saturated heterocycles. The van der Waals surface area contributed by atoms with Crippen molar-refractivity contribution in [3.05, 3.63) is 28.1 Å². The van der Waals surface area contributed by atoms with Gasteiger partial charge < -0.3 is 5.32 Å². The topological polar surface area (TPSA) is 64.0 Å². The van der Waals surface area contributed by atoms with Crippen LogP contribution < -0.4 is 10.9 Å². The van der Waals surface area contributed by atoms with Gasteiger partial charge in [0.15, 0.2) is 0 Å². The van der Waals surface area contributed by atoms with Crippen LogP contribution in [0.3, 0.4) is 0 Å². The van der Waals surface area contributed by atoms with Crippen molar-refractivity contribution in [2.45, 2.75) is 57.9 Å². The van der Waals surface area contributed by atoms with Crippen molar-refractivity contribution in [2.75, 3.05) is 6.54 Å². The summed E-state index contributed by atoms with van der Waals surface area (Å²) in [6.45, 7) is 1.17. The third-order valence-electron chi connectivity index (χ3n) is 7.17. The molecule has 144 valence electrons. The van der Waals surface area contributed by atoms with Crippen LogP contribution in [-0.2, 0) is 11.3 Å². The van der Waals surface area contributed by atoms with E-state index in [1.165, 1.54) is 49.9 Å². The van der Waals surface area contributed by atoms with Gasteiger partial charge in [-0.05, 0) is 79.6 Å². The Morgan fingerprint density at radius 2 is 1.93 bits per heavy atom. The minimum absolute atomic E-state index is 0.0389. The molecular weight excluding hydrogens is 358 g/mol. The summed E-state index contributed by atoms with van der Waals surface area (Å²) >= 11 is 1.47. The van der Waals surface area contributed by atoms with Crippen LogP contribution >= 0.6 is 11.3 Å². The van der Waals surface area contributed by atoms with Crippen molar-refractivity contribution in [3.63, 3.8) is 0 Å². The third kappa shape index (κ3) is 3.33. The monoisotopic (exact) mass is 385 g/mol. The number of amides is 1. The molecule has 0 aliphatic heterocycles. The van der Waals surface area contributed by atoms with Gasteiger partial charge in [-0.25, -0.2) is 4.98 Å². The van der Waals surface area contributed by atoms with Gasteiger partial charge >= 0.3 is 0 Å². The zero-order valence-corrected chi connectivity index (χ0v) is 16.5. The lowest BCUT2D eigenvalue weighted by Crippen LogP contribution is -2.47. The average Bonchev–Trinajstić information content (AvgIpc) is 3.09. The molecule has 0 radical (unpaired) electrons. The van der Waals surface area contributed by atoms with E-state index >= 15 is 0 Å². The maximum absolute atomic E-state index is 12.4. The molecule has 6 heteroatoms. The molecule has 4 bridgehead atoms. The second-order valence-electron chi connectivity index (χ2n) is 9.15. The molecule has 4 aliphatic carbocycles. The van der Waals surface area contributed by atoms with Gasteiger partial charge in [0.2, 0.25) is 5.91 Å². The second-order valence-corrected chi connectivity index (χ2v) is 10.0. The highest BCUT2D eigenvalue weighted by Crippen LogP contribution is 2.61. The van der Waals surface area contributed by atoms with E-state index in [1.54, 1.807) is 17.0 Å². The van der Waals surface area contributed by atoms with Gasteiger partial charge in [-0.15, -0.1) is 11.3 Å². The molecular formula is C21H27N3O2S. The van der Waals surface area contributed by atoms with Gasteiger partial charge in [-0.2, -0.15) is 0 Å². The van der Waals surface area contributed by atoms with Crippen molar-refractivity contribution >= 4 is 27.5 Å². The van der Waals surface area contributed by atoms with E-state index in [0.717, 1.165) is 35.5 Å². The van der Waals surface area contributed by atoms with Crippen molar-refractivity contribution in [1.82, 2.24) is 14.9 Å². The Morgan fingerprint density at radius 3 is 2.63 bits per heavy atom. The van der Waals surface area contributed by atoms with E-state index in [1.807, 2.05) is 5.38 Å². The standard InChI is InChI=1S/C21H27N3O2S/c25-18(1-5-24-13-23-19-17(20(24)26)2-6-27-19)22-4-3-21-10-14-7-15(11-21)9-16(8-14)12-21/h2,6,13-16H,1,3-5,7-12H2,(H,22,25). The number of hydrogen-bond acceptors (Lipinski definition) is 4. The van der Waals surface area contributed by atoms with Gasteiger partial charge in [0.05, 0.1) is 11.7 Å². The highest BCUT2D eigenvalue weighted by atomic mass is 32.1. The molecule has 2 aromatic heterocycles. The lowest BCUT2D eigenvalue weighted by Gasteiger charge is -2.57. The van der Waals surface area contributed by atoms with E-state index < -0.39 is 0 Å². The van der Waals surface area contributed by atoms with Gasteiger partial charge in [-0.1, -0.05) is 0 Å². The number of nitrogens with zero attached hydrogens (tertiary/aromatic N) is 2. The summed E-state index contributed by atoms with van der Waals surface area (Å²) in [6, 6.07) is 1.80. The largest absolute Gasteiger partial charge is 0.356 e. The van der Waals surface area contributed by atoms with Crippen LogP contribution in [0, 0.1) is 23.2 Å². The van der Waals surface area contributed by atoms with Crippen molar-refractivity contribution in [3.8, 4) is 0 Å². The van der Waals surface area contributed by atoms with Crippen LogP contribution in [0.2, 0.25) is 0 Å². The molecule has 0 spiro atoms. The molecule has 1 N–H and O–H groups in total. The predicted molar refractivity (Wildman–Crippen MR) is 107 cm³/mol. The van der Waals surface area contributed by atoms with E-state index in [4.69, 9.17) is 0 Å². The smallest absolute Gasteiger partial charge is 0.262 e. The molecule has 1 amide bonds. The Bertz CT molecular complexity index is 880. The van der Waals surface area contributed by atoms with Crippen molar-refractivity contribution < 1.29 is 4.79 Å². The number of rotatable bonds is 6. The zero-order chi connectivity index (χ0) is 18.4. The molecule has 4 aliphatic rings. The lowest BCUT2D eigenvalue weighted by molar-refractivity contribution is -0.121. The van der Waals surface area contributed by atoms with Gasteiger partial charge in [0.25, 0.3) is 5.56 Å². The fraction of sp³-hybridized carbons (Fsp3) is 0.667. The first-order valence-corrected chi connectivity index (χ1v) is 11.2. The van der Waals surface area contributed by atoms with Gasteiger partial charge in [0.1, 0.15) is 4.83 Å². The molecule has 0 aromatic carbocycles. The highest BCUT2D eigenvalue weighted by molar-refractivity contribution is 7.16. The number of aromatic nitrogens is 2. The average molecular weight is 386 g/mol. The molecule has 4 fully saturated rings. The number of thiophene rings is 1. The molecule has 0 atom stereocenters. The molecule has 27 heavy (non-hydrogen) atoms. The fourth-order valence-corrected chi connectivity index (χ4v) is 7.15. The van der Waals surface area contributed by atoms with Crippen molar-refractivity contribution in [1.29, 1.82) is 0 Å². The Kier molecular flexibility index (Phi) is 4.34. The number of carbonyl (C=O) groups excluding carboxylic acids is 1. The molecule has 4 saturated carbocycles. The fourth-order valence-electron chi connectivity index (χ4n) is 6.43. The molecule has 6 rings (SSSR count). The number of hydrogen-bond donors (Lipinski definition) is 1. The molecule has 0 unspecified atom stereocenters. The van der Waals surface area contributed by atoms with Gasteiger partial charge in [-0.3, -0.25) is 14.2 Å². The summed E-state index contributed by atoms with van der Waals surface area (Å²) in [4.78, 5) is 29.7. The Morgan fingerprint density at radius 1 is 1.22 bits per heavy atom. The van der Waals surface area contributed by atoms with E-state index in [9.17, 15) is 9.59 Å².